The van der Waals surface area contributed by atoms with Crippen molar-refractivity contribution in [1.29, 1.82) is 0 Å². The number of nitrogens with zero attached hydrogens (tertiary/aromatic N) is 3. The SMILES string of the molecule is C[C@@H]1CN(c2ncc(C(=O)NCCCc3cn[nH]c3)cc2C#Cc2ccc(Cl)cc2)C[C@H](C)O1. The zero-order chi connectivity index (χ0) is 23.9. The number of carbonyl (C=O) groups is 1. The van der Waals surface area contributed by atoms with E-state index in [4.69, 9.17) is 16.3 Å². The standard InChI is InChI=1S/C26H28ClN5O2/c1-18-16-32(17-19(2)34-18)25-22(8-5-20-6-9-24(27)10-7-20)12-23(15-29-25)26(33)28-11-3-4-21-13-30-31-14-21/h6-7,9-10,12-15,18-19H,3-4,11,16-17H2,1-2H3,(H,28,33)(H,30,31)/t18-,19+. The van der Waals surface area contributed by atoms with E-state index in [-0.39, 0.29) is 18.1 Å². The van der Waals surface area contributed by atoms with Gasteiger partial charge in [-0.25, -0.2) is 4.98 Å². The quantitative estimate of drug-likeness (QED) is 0.416. The first-order chi connectivity index (χ1) is 16.5. The van der Waals surface area contributed by atoms with Crippen LogP contribution in [0.25, 0.3) is 0 Å². The molecule has 34 heavy (non-hydrogen) atoms. The minimum Gasteiger partial charge on any atom is -0.372 e. The average molecular weight is 478 g/mol. The van der Waals surface area contributed by atoms with Gasteiger partial charge in [-0.05, 0) is 62.6 Å². The van der Waals surface area contributed by atoms with Gasteiger partial charge in [-0.3, -0.25) is 9.89 Å². The van der Waals surface area contributed by atoms with Crippen molar-refractivity contribution in [2.75, 3.05) is 24.5 Å². The highest BCUT2D eigenvalue weighted by Crippen LogP contribution is 2.23. The third-order valence-corrected chi connectivity index (χ3v) is 5.77. The molecule has 1 aliphatic heterocycles. The van der Waals surface area contributed by atoms with E-state index >= 15 is 0 Å². The number of aromatic nitrogens is 3. The molecular weight excluding hydrogens is 450 g/mol. The molecule has 2 N–H and O–H groups in total. The van der Waals surface area contributed by atoms with Gasteiger partial charge in [-0.2, -0.15) is 5.10 Å². The van der Waals surface area contributed by atoms with E-state index in [0.29, 0.717) is 35.8 Å². The second-order valence-corrected chi connectivity index (χ2v) is 8.92. The molecule has 4 rings (SSSR count). The lowest BCUT2D eigenvalue weighted by molar-refractivity contribution is -0.00547. The van der Waals surface area contributed by atoms with E-state index in [2.05, 4.69) is 37.2 Å². The van der Waals surface area contributed by atoms with Gasteiger partial charge in [0, 0.05) is 42.6 Å². The number of aromatic amines is 1. The number of anilines is 1. The molecule has 1 aliphatic rings. The minimum absolute atomic E-state index is 0.0841. The van der Waals surface area contributed by atoms with Crippen LogP contribution in [0.4, 0.5) is 5.82 Å². The van der Waals surface area contributed by atoms with Crippen molar-refractivity contribution in [3.8, 4) is 11.8 Å². The van der Waals surface area contributed by atoms with Gasteiger partial charge in [0.15, 0.2) is 0 Å². The van der Waals surface area contributed by atoms with E-state index in [9.17, 15) is 4.79 Å². The Morgan fingerprint density at radius 1 is 1.21 bits per heavy atom. The highest BCUT2D eigenvalue weighted by Gasteiger charge is 2.25. The minimum atomic E-state index is -0.162. The lowest BCUT2D eigenvalue weighted by Gasteiger charge is -2.36. The second-order valence-electron chi connectivity index (χ2n) is 8.48. The molecular formula is C26H28ClN5O2. The molecule has 0 aliphatic carbocycles. The van der Waals surface area contributed by atoms with Gasteiger partial charge in [-0.15, -0.1) is 0 Å². The fraction of sp³-hybridized carbons (Fsp3) is 0.346. The number of nitrogens with one attached hydrogen (secondary N) is 2. The third kappa shape index (κ3) is 6.37. The van der Waals surface area contributed by atoms with Gasteiger partial charge in [0.25, 0.3) is 5.91 Å². The zero-order valence-corrected chi connectivity index (χ0v) is 20.1. The normalized spacial score (nSPS) is 17.7. The Morgan fingerprint density at radius 3 is 2.68 bits per heavy atom. The van der Waals surface area contributed by atoms with Crippen LogP contribution in [0.2, 0.25) is 5.02 Å². The summed E-state index contributed by atoms with van der Waals surface area (Å²) in [7, 11) is 0. The van der Waals surface area contributed by atoms with Gasteiger partial charge in [0.2, 0.25) is 0 Å². The van der Waals surface area contributed by atoms with Crippen molar-refractivity contribution in [3.05, 3.63) is 76.2 Å². The van der Waals surface area contributed by atoms with Crippen LogP contribution >= 0.6 is 11.6 Å². The van der Waals surface area contributed by atoms with E-state index in [1.165, 1.54) is 0 Å². The predicted octanol–water partition coefficient (Wildman–Crippen LogP) is 3.83. The molecule has 7 nitrogen and oxygen atoms in total. The molecule has 2 aromatic heterocycles. The summed E-state index contributed by atoms with van der Waals surface area (Å²) in [5.41, 5.74) is 3.16. The van der Waals surface area contributed by atoms with Gasteiger partial charge in [-0.1, -0.05) is 23.4 Å². The number of rotatable bonds is 6. The zero-order valence-electron chi connectivity index (χ0n) is 19.3. The van der Waals surface area contributed by atoms with Crippen LogP contribution in [0.1, 0.15) is 47.3 Å². The molecule has 0 unspecified atom stereocenters. The van der Waals surface area contributed by atoms with E-state index in [1.54, 1.807) is 12.4 Å². The highest BCUT2D eigenvalue weighted by atomic mass is 35.5. The van der Waals surface area contributed by atoms with Gasteiger partial charge < -0.3 is 15.0 Å². The van der Waals surface area contributed by atoms with Crippen molar-refractivity contribution in [1.82, 2.24) is 20.5 Å². The number of morpholine rings is 1. The summed E-state index contributed by atoms with van der Waals surface area (Å²) in [6.07, 6.45) is 7.12. The first-order valence-electron chi connectivity index (χ1n) is 11.4. The monoisotopic (exact) mass is 477 g/mol. The van der Waals surface area contributed by atoms with Crippen LogP contribution in [0.3, 0.4) is 0 Å². The van der Waals surface area contributed by atoms with Crippen LogP contribution in [-0.2, 0) is 11.2 Å². The second kappa shape index (κ2) is 11.2. The number of aryl methyl sites for hydroxylation is 1. The summed E-state index contributed by atoms with van der Waals surface area (Å²) in [4.78, 5) is 19.6. The highest BCUT2D eigenvalue weighted by molar-refractivity contribution is 6.30. The summed E-state index contributed by atoms with van der Waals surface area (Å²) in [5.74, 6) is 7.01. The topological polar surface area (TPSA) is 83.1 Å². The Kier molecular flexibility index (Phi) is 7.84. The molecule has 1 amide bonds. The van der Waals surface area contributed by atoms with Gasteiger partial charge in [0.05, 0.1) is 29.5 Å². The summed E-state index contributed by atoms with van der Waals surface area (Å²) in [6, 6.07) is 9.18. The Morgan fingerprint density at radius 2 is 1.97 bits per heavy atom. The number of hydrogen-bond donors (Lipinski definition) is 2. The molecule has 3 heterocycles. The Hall–Kier alpha value is -3.34. The predicted molar refractivity (Wildman–Crippen MR) is 133 cm³/mol. The molecule has 0 spiro atoms. The Labute approximate surface area is 204 Å². The van der Waals surface area contributed by atoms with E-state index in [0.717, 1.165) is 29.8 Å². The molecule has 0 saturated carbocycles. The lowest BCUT2D eigenvalue weighted by atomic mass is 10.1. The molecule has 1 fully saturated rings. The van der Waals surface area contributed by atoms with Crippen LogP contribution in [-0.4, -0.2) is 52.9 Å². The first kappa shape index (κ1) is 23.8. The van der Waals surface area contributed by atoms with E-state index < -0.39 is 0 Å². The number of carbonyl (C=O) groups excluding carboxylic acids is 1. The van der Waals surface area contributed by atoms with E-state index in [1.807, 2.05) is 50.4 Å². The number of hydrogen-bond acceptors (Lipinski definition) is 5. The smallest absolute Gasteiger partial charge is 0.252 e. The van der Waals surface area contributed by atoms with Crippen molar-refractivity contribution < 1.29 is 9.53 Å². The maximum Gasteiger partial charge on any atom is 0.252 e. The number of pyridine rings is 1. The van der Waals surface area contributed by atoms with Crippen molar-refractivity contribution in [2.24, 2.45) is 0 Å². The molecule has 3 aromatic rings. The number of H-pyrrole nitrogens is 1. The number of benzene rings is 1. The molecule has 8 heteroatoms. The Balaban J connectivity index is 1.53. The van der Waals surface area contributed by atoms with Crippen molar-refractivity contribution in [2.45, 2.75) is 38.9 Å². The van der Waals surface area contributed by atoms with Crippen LogP contribution in [0, 0.1) is 11.8 Å². The summed E-state index contributed by atoms with van der Waals surface area (Å²) >= 11 is 5.99. The fourth-order valence-electron chi connectivity index (χ4n) is 3.96. The lowest BCUT2D eigenvalue weighted by Crippen LogP contribution is -2.46. The molecule has 1 aromatic carbocycles. The molecule has 176 valence electrons. The largest absolute Gasteiger partial charge is 0.372 e. The number of amides is 1. The number of ether oxygens (including phenoxy) is 1. The van der Waals surface area contributed by atoms with Crippen molar-refractivity contribution >= 4 is 23.3 Å². The van der Waals surface area contributed by atoms with Crippen LogP contribution in [0.5, 0.6) is 0 Å². The average Bonchev–Trinajstić information content (AvgIpc) is 3.34. The summed E-state index contributed by atoms with van der Waals surface area (Å²) in [6.45, 7) is 6.09. The maximum atomic E-state index is 12.8. The van der Waals surface area contributed by atoms with Crippen LogP contribution < -0.4 is 10.2 Å². The molecule has 1 saturated heterocycles. The Bertz CT molecular complexity index is 1160. The van der Waals surface area contributed by atoms with Gasteiger partial charge in [0.1, 0.15) is 5.82 Å². The third-order valence-electron chi connectivity index (χ3n) is 5.52. The summed E-state index contributed by atoms with van der Waals surface area (Å²) in [5, 5.41) is 10.4. The van der Waals surface area contributed by atoms with Gasteiger partial charge >= 0.3 is 0 Å². The molecule has 0 bridgehead atoms. The van der Waals surface area contributed by atoms with Crippen molar-refractivity contribution in [3.63, 3.8) is 0 Å². The summed E-state index contributed by atoms with van der Waals surface area (Å²) < 4.78 is 5.87. The van der Waals surface area contributed by atoms with Crippen LogP contribution in [0.15, 0.2) is 48.9 Å². The first-order valence-corrected chi connectivity index (χ1v) is 11.8. The fourth-order valence-corrected chi connectivity index (χ4v) is 4.09. The molecule has 2 atom stereocenters. The number of halogens is 1. The molecule has 0 radical (unpaired) electrons. The maximum absolute atomic E-state index is 12.8.